The molecular formula is C11H10Br2N2O4. The van der Waals surface area contributed by atoms with E-state index in [1.165, 1.54) is 11.0 Å². The van der Waals surface area contributed by atoms with Gasteiger partial charge in [0.15, 0.2) is 0 Å². The van der Waals surface area contributed by atoms with Crippen molar-refractivity contribution >= 4 is 49.1 Å². The van der Waals surface area contributed by atoms with Crippen LogP contribution < -0.4 is 4.90 Å². The van der Waals surface area contributed by atoms with Crippen molar-refractivity contribution in [3.8, 4) is 0 Å². The minimum Gasteiger partial charge on any atom is -0.396 e. The lowest BCUT2D eigenvalue weighted by Crippen LogP contribution is -2.26. The Kier molecular flexibility index (Phi) is 4.22. The maximum absolute atomic E-state index is 11.9. The Hall–Kier alpha value is -0.990. The van der Waals surface area contributed by atoms with Crippen LogP contribution in [0.1, 0.15) is 6.42 Å². The molecule has 0 aliphatic carbocycles. The number of aliphatic hydroxyl groups excluding tert-OH is 1. The molecule has 1 fully saturated rings. The fourth-order valence-electron chi connectivity index (χ4n) is 2.08. The number of rotatable bonds is 3. The number of nitrogens with zero attached hydrogens (tertiary/aromatic N) is 2. The van der Waals surface area contributed by atoms with Gasteiger partial charge in [-0.2, -0.15) is 0 Å². The lowest BCUT2D eigenvalue weighted by molar-refractivity contribution is -0.384. The predicted octanol–water partition coefficient (Wildman–Crippen LogP) is 2.46. The molecule has 0 aromatic heterocycles. The van der Waals surface area contributed by atoms with Crippen LogP contribution >= 0.6 is 31.9 Å². The summed E-state index contributed by atoms with van der Waals surface area (Å²) >= 11 is 6.44. The Morgan fingerprint density at radius 1 is 1.47 bits per heavy atom. The number of amides is 1. The smallest absolute Gasteiger partial charge is 0.295 e. The number of carbonyl (C=O) groups excluding carboxylic acids is 1. The lowest BCUT2D eigenvalue weighted by Gasteiger charge is -2.18. The highest BCUT2D eigenvalue weighted by atomic mass is 79.9. The third kappa shape index (κ3) is 2.80. The van der Waals surface area contributed by atoms with Crippen molar-refractivity contribution in [1.82, 2.24) is 0 Å². The van der Waals surface area contributed by atoms with Crippen molar-refractivity contribution < 1.29 is 14.8 Å². The molecule has 1 heterocycles. The molecule has 1 aliphatic heterocycles. The van der Waals surface area contributed by atoms with E-state index in [9.17, 15) is 14.9 Å². The van der Waals surface area contributed by atoms with Gasteiger partial charge in [0.05, 0.1) is 4.92 Å². The summed E-state index contributed by atoms with van der Waals surface area (Å²) in [7, 11) is 0. The minimum absolute atomic E-state index is 0.107. The van der Waals surface area contributed by atoms with E-state index in [4.69, 9.17) is 5.11 Å². The van der Waals surface area contributed by atoms with Crippen LogP contribution in [0.5, 0.6) is 0 Å². The SMILES string of the molecule is O=C1CC(CO)CN1c1c(Br)cc(Br)cc1[N+](=O)[O-]. The van der Waals surface area contributed by atoms with Crippen molar-refractivity contribution in [1.29, 1.82) is 0 Å². The highest BCUT2D eigenvalue weighted by molar-refractivity contribution is 9.11. The van der Waals surface area contributed by atoms with E-state index in [-0.39, 0.29) is 42.8 Å². The zero-order valence-corrected chi connectivity index (χ0v) is 12.8. The number of aliphatic hydroxyl groups is 1. The Morgan fingerprint density at radius 3 is 2.68 bits per heavy atom. The molecule has 0 bridgehead atoms. The van der Waals surface area contributed by atoms with Gasteiger partial charge in [0.1, 0.15) is 5.69 Å². The molecule has 1 aromatic carbocycles. The van der Waals surface area contributed by atoms with Gasteiger partial charge >= 0.3 is 0 Å². The van der Waals surface area contributed by atoms with Crippen molar-refractivity contribution in [3.05, 3.63) is 31.2 Å². The number of benzene rings is 1. The molecule has 1 atom stereocenters. The minimum atomic E-state index is -0.523. The van der Waals surface area contributed by atoms with Gasteiger partial charge in [-0.25, -0.2) is 0 Å². The van der Waals surface area contributed by atoms with E-state index in [1.54, 1.807) is 6.07 Å². The van der Waals surface area contributed by atoms with Gasteiger partial charge in [-0.05, 0) is 22.0 Å². The molecule has 102 valence electrons. The second kappa shape index (κ2) is 5.56. The first-order valence-corrected chi connectivity index (χ1v) is 7.07. The van der Waals surface area contributed by atoms with Crippen LogP contribution in [0.15, 0.2) is 21.1 Å². The van der Waals surface area contributed by atoms with Crippen molar-refractivity contribution in [2.24, 2.45) is 5.92 Å². The number of hydrogen-bond donors (Lipinski definition) is 1. The highest BCUT2D eigenvalue weighted by Gasteiger charge is 2.35. The van der Waals surface area contributed by atoms with Crippen LogP contribution in [0.25, 0.3) is 0 Å². The summed E-state index contributed by atoms with van der Waals surface area (Å²) in [6.07, 6.45) is 0.205. The summed E-state index contributed by atoms with van der Waals surface area (Å²) in [5.74, 6) is -0.396. The number of nitro benzene ring substituents is 1. The first-order valence-electron chi connectivity index (χ1n) is 5.48. The zero-order chi connectivity index (χ0) is 14.2. The molecule has 1 unspecified atom stereocenters. The maximum atomic E-state index is 11.9. The largest absolute Gasteiger partial charge is 0.396 e. The Morgan fingerprint density at radius 2 is 2.16 bits per heavy atom. The molecule has 2 rings (SSSR count). The fraction of sp³-hybridized carbons (Fsp3) is 0.364. The summed E-state index contributed by atoms with van der Waals surface area (Å²) in [4.78, 5) is 23.9. The number of halogens is 2. The molecule has 0 spiro atoms. The summed E-state index contributed by atoms with van der Waals surface area (Å²) in [6.45, 7) is 0.181. The number of nitro groups is 1. The molecule has 0 radical (unpaired) electrons. The summed E-state index contributed by atoms with van der Waals surface area (Å²) in [6, 6.07) is 3.02. The molecule has 1 N–H and O–H groups in total. The average Bonchev–Trinajstić information content (AvgIpc) is 2.69. The van der Waals surface area contributed by atoms with Crippen molar-refractivity contribution in [2.45, 2.75) is 6.42 Å². The first-order chi connectivity index (χ1) is 8.93. The predicted molar refractivity (Wildman–Crippen MR) is 76.0 cm³/mol. The van der Waals surface area contributed by atoms with Crippen LogP contribution in [-0.4, -0.2) is 29.1 Å². The Balaban J connectivity index is 2.50. The number of hydrogen-bond acceptors (Lipinski definition) is 4. The Labute approximate surface area is 125 Å². The second-order valence-corrected chi connectivity index (χ2v) is 6.04. The summed E-state index contributed by atoms with van der Waals surface area (Å²) in [5, 5.41) is 20.2. The van der Waals surface area contributed by atoms with Crippen molar-refractivity contribution in [2.75, 3.05) is 18.1 Å². The second-order valence-electron chi connectivity index (χ2n) is 4.27. The van der Waals surface area contributed by atoms with E-state index in [0.717, 1.165) is 0 Å². The van der Waals surface area contributed by atoms with Gasteiger partial charge in [-0.1, -0.05) is 15.9 Å². The molecule has 1 aliphatic rings. The lowest BCUT2D eigenvalue weighted by atomic mass is 10.1. The van der Waals surface area contributed by atoms with E-state index in [1.807, 2.05) is 0 Å². The molecule has 1 aromatic rings. The zero-order valence-electron chi connectivity index (χ0n) is 9.68. The topological polar surface area (TPSA) is 83.7 Å². The quantitative estimate of drug-likeness (QED) is 0.631. The normalized spacial score (nSPS) is 19.0. The number of anilines is 1. The van der Waals surface area contributed by atoms with E-state index in [2.05, 4.69) is 31.9 Å². The molecule has 19 heavy (non-hydrogen) atoms. The summed E-state index contributed by atoms with van der Waals surface area (Å²) < 4.78 is 1.03. The van der Waals surface area contributed by atoms with Gasteiger partial charge in [0.2, 0.25) is 5.91 Å². The third-order valence-electron chi connectivity index (χ3n) is 2.94. The molecule has 8 heteroatoms. The first kappa shape index (κ1) is 14.4. The van der Waals surface area contributed by atoms with Gasteiger partial charge in [0, 0.05) is 40.5 Å². The van der Waals surface area contributed by atoms with Crippen LogP contribution in [0.2, 0.25) is 0 Å². The molecule has 6 nitrogen and oxygen atoms in total. The maximum Gasteiger partial charge on any atom is 0.295 e. The van der Waals surface area contributed by atoms with Crippen LogP contribution in [0, 0.1) is 16.0 Å². The van der Waals surface area contributed by atoms with Crippen LogP contribution in [0.4, 0.5) is 11.4 Å². The third-order valence-corrected chi connectivity index (χ3v) is 4.00. The van der Waals surface area contributed by atoms with E-state index < -0.39 is 4.92 Å². The van der Waals surface area contributed by atoms with Gasteiger partial charge in [0.25, 0.3) is 5.69 Å². The molecule has 1 saturated heterocycles. The monoisotopic (exact) mass is 392 g/mol. The molecular weight excluding hydrogens is 384 g/mol. The average molecular weight is 394 g/mol. The van der Waals surface area contributed by atoms with Gasteiger partial charge < -0.3 is 10.0 Å². The molecule has 0 saturated carbocycles. The highest BCUT2D eigenvalue weighted by Crippen LogP contribution is 2.41. The standard InChI is InChI=1S/C11H10Br2N2O4/c12-7-2-8(13)11(9(3-7)15(18)19)14-4-6(5-16)1-10(14)17/h2-3,6,16H,1,4-5H2. The van der Waals surface area contributed by atoms with Crippen LogP contribution in [0.3, 0.4) is 0 Å². The van der Waals surface area contributed by atoms with Crippen molar-refractivity contribution in [3.63, 3.8) is 0 Å². The number of carbonyl (C=O) groups is 1. The van der Waals surface area contributed by atoms with Gasteiger partial charge in [-0.3, -0.25) is 14.9 Å². The van der Waals surface area contributed by atoms with Gasteiger partial charge in [-0.15, -0.1) is 0 Å². The molecule has 1 amide bonds. The summed E-state index contributed by atoms with van der Waals surface area (Å²) in [5.41, 5.74) is 0.0994. The fourth-order valence-corrected chi connectivity index (χ4v) is 3.50. The Bertz CT molecular complexity index is 550. The van der Waals surface area contributed by atoms with E-state index >= 15 is 0 Å². The van der Waals surface area contributed by atoms with Crippen LogP contribution in [-0.2, 0) is 4.79 Å². The van der Waals surface area contributed by atoms with E-state index in [0.29, 0.717) is 8.95 Å².